The molecule has 2 heterocycles. The molecule has 0 aromatic carbocycles. The van der Waals surface area contributed by atoms with E-state index in [0.717, 1.165) is 25.1 Å². The third kappa shape index (κ3) is 2.79. The Morgan fingerprint density at radius 3 is 3.19 bits per heavy atom. The number of aryl methyl sites for hydroxylation is 1. The minimum absolute atomic E-state index is 0.219. The Morgan fingerprint density at radius 2 is 2.62 bits per heavy atom. The number of aromatic nitrogens is 1. The second-order valence-corrected chi connectivity index (χ2v) is 5.12. The van der Waals surface area contributed by atoms with E-state index in [-0.39, 0.29) is 6.04 Å². The van der Waals surface area contributed by atoms with Gasteiger partial charge in [-0.15, -0.1) is 11.3 Å². The molecule has 2 rings (SSSR count). The lowest BCUT2D eigenvalue weighted by Gasteiger charge is -2.17. The van der Waals surface area contributed by atoms with E-state index in [1.165, 1.54) is 17.7 Å². The maximum Gasteiger partial charge on any atom is 0.0798 e. The summed E-state index contributed by atoms with van der Waals surface area (Å²) in [5.41, 5.74) is 5.84. The van der Waals surface area contributed by atoms with Gasteiger partial charge in [0.1, 0.15) is 0 Å². The van der Waals surface area contributed by atoms with Crippen LogP contribution in [-0.4, -0.2) is 17.7 Å². The van der Waals surface area contributed by atoms with Gasteiger partial charge in [0.2, 0.25) is 0 Å². The average Bonchev–Trinajstić information content (AvgIpc) is 2.92. The summed E-state index contributed by atoms with van der Waals surface area (Å²) in [7, 11) is 0. The molecular formula is C11H19N3OS. The minimum Gasteiger partial charge on any atom is -0.378 e. The summed E-state index contributed by atoms with van der Waals surface area (Å²) in [6, 6.07) is 0.219. The van der Waals surface area contributed by atoms with Crippen molar-refractivity contribution >= 4 is 11.3 Å². The van der Waals surface area contributed by atoms with Crippen molar-refractivity contribution in [2.45, 2.75) is 44.8 Å². The molecule has 1 aromatic heterocycles. The number of ether oxygens (including phenoxy) is 1. The fourth-order valence-corrected chi connectivity index (χ4v) is 3.06. The maximum atomic E-state index is 5.61. The van der Waals surface area contributed by atoms with Crippen LogP contribution in [0.15, 0.2) is 5.51 Å². The van der Waals surface area contributed by atoms with Gasteiger partial charge in [-0.05, 0) is 32.6 Å². The standard InChI is InChI=1S/C11H19N3OS/c1-8-11(16-7-13-8)10(14-12)5-4-9-3-2-6-15-9/h7,9-10,14H,2-6,12H2,1H3. The Morgan fingerprint density at radius 1 is 1.75 bits per heavy atom. The zero-order chi connectivity index (χ0) is 11.4. The molecule has 0 bridgehead atoms. The first kappa shape index (κ1) is 12.0. The molecule has 0 radical (unpaired) electrons. The Hall–Kier alpha value is -0.490. The monoisotopic (exact) mass is 241 g/mol. The minimum atomic E-state index is 0.219. The van der Waals surface area contributed by atoms with E-state index in [9.17, 15) is 0 Å². The van der Waals surface area contributed by atoms with Crippen LogP contribution in [0.5, 0.6) is 0 Å². The van der Waals surface area contributed by atoms with Gasteiger partial charge in [-0.3, -0.25) is 11.3 Å². The van der Waals surface area contributed by atoms with Crippen molar-refractivity contribution in [1.29, 1.82) is 0 Å². The molecule has 2 atom stereocenters. The molecule has 1 aliphatic heterocycles. The van der Waals surface area contributed by atoms with Crippen LogP contribution >= 0.6 is 11.3 Å². The number of nitrogens with zero attached hydrogens (tertiary/aromatic N) is 1. The van der Waals surface area contributed by atoms with Crippen LogP contribution in [0.1, 0.15) is 42.3 Å². The van der Waals surface area contributed by atoms with E-state index in [1.54, 1.807) is 11.3 Å². The van der Waals surface area contributed by atoms with Gasteiger partial charge in [-0.25, -0.2) is 4.98 Å². The van der Waals surface area contributed by atoms with Crippen molar-refractivity contribution in [3.63, 3.8) is 0 Å². The summed E-state index contributed by atoms with van der Waals surface area (Å²) < 4.78 is 5.61. The number of nitrogens with one attached hydrogen (secondary N) is 1. The maximum absolute atomic E-state index is 5.61. The van der Waals surface area contributed by atoms with Gasteiger partial charge in [0.15, 0.2) is 0 Å². The van der Waals surface area contributed by atoms with Crippen LogP contribution in [-0.2, 0) is 4.74 Å². The van der Waals surface area contributed by atoms with Crippen LogP contribution < -0.4 is 11.3 Å². The molecular weight excluding hydrogens is 222 g/mol. The molecule has 4 nitrogen and oxygen atoms in total. The number of thiazole rings is 1. The van der Waals surface area contributed by atoms with E-state index < -0.39 is 0 Å². The first-order chi connectivity index (χ1) is 7.81. The Balaban J connectivity index is 1.88. The highest BCUT2D eigenvalue weighted by Crippen LogP contribution is 2.27. The number of nitrogens with two attached hydrogens (primary N) is 1. The molecule has 1 fully saturated rings. The van der Waals surface area contributed by atoms with Crippen LogP contribution in [0.2, 0.25) is 0 Å². The van der Waals surface area contributed by atoms with Crippen LogP contribution in [0, 0.1) is 6.92 Å². The zero-order valence-electron chi connectivity index (χ0n) is 9.61. The summed E-state index contributed by atoms with van der Waals surface area (Å²) in [6.07, 6.45) is 4.92. The summed E-state index contributed by atoms with van der Waals surface area (Å²) in [6.45, 7) is 2.95. The third-order valence-corrected chi connectivity index (χ3v) is 4.15. The van der Waals surface area contributed by atoms with Crippen LogP contribution in [0.3, 0.4) is 0 Å². The van der Waals surface area contributed by atoms with E-state index >= 15 is 0 Å². The molecule has 1 aliphatic rings. The van der Waals surface area contributed by atoms with Crippen molar-refractivity contribution in [1.82, 2.24) is 10.4 Å². The van der Waals surface area contributed by atoms with Gasteiger partial charge < -0.3 is 4.74 Å². The van der Waals surface area contributed by atoms with Gasteiger partial charge >= 0.3 is 0 Å². The van der Waals surface area contributed by atoms with Crippen molar-refractivity contribution < 1.29 is 4.74 Å². The van der Waals surface area contributed by atoms with Gasteiger partial charge in [0.25, 0.3) is 0 Å². The lowest BCUT2D eigenvalue weighted by molar-refractivity contribution is 0.0997. The normalized spacial score (nSPS) is 22.5. The number of rotatable bonds is 5. The highest BCUT2D eigenvalue weighted by Gasteiger charge is 2.20. The van der Waals surface area contributed by atoms with E-state index in [0.29, 0.717) is 6.10 Å². The van der Waals surface area contributed by atoms with Gasteiger partial charge in [-0.1, -0.05) is 0 Å². The third-order valence-electron chi connectivity index (χ3n) is 3.10. The molecule has 0 aliphatic carbocycles. The second-order valence-electron chi connectivity index (χ2n) is 4.23. The summed E-state index contributed by atoms with van der Waals surface area (Å²) in [5, 5.41) is 0. The van der Waals surface area contributed by atoms with E-state index in [1.807, 2.05) is 12.4 Å². The van der Waals surface area contributed by atoms with Crippen molar-refractivity contribution in [3.8, 4) is 0 Å². The molecule has 5 heteroatoms. The molecule has 1 saturated heterocycles. The van der Waals surface area contributed by atoms with E-state index in [2.05, 4.69) is 10.4 Å². The second kappa shape index (κ2) is 5.72. The Labute approximate surface area is 100 Å². The lowest BCUT2D eigenvalue weighted by Crippen LogP contribution is -2.28. The fourth-order valence-electron chi connectivity index (χ4n) is 2.16. The largest absolute Gasteiger partial charge is 0.378 e. The molecule has 0 spiro atoms. The topological polar surface area (TPSA) is 60.2 Å². The smallest absolute Gasteiger partial charge is 0.0798 e. The molecule has 0 saturated carbocycles. The molecule has 90 valence electrons. The summed E-state index contributed by atoms with van der Waals surface area (Å²) >= 11 is 1.67. The molecule has 2 unspecified atom stereocenters. The van der Waals surface area contributed by atoms with Crippen molar-refractivity contribution in [2.75, 3.05) is 6.61 Å². The Bertz CT molecular complexity index is 323. The quantitative estimate of drug-likeness (QED) is 0.611. The molecule has 1 aromatic rings. The van der Waals surface area contributed by atoms with E-state index in [4.69, 9.17) is 10.6 Å². The Kier molecular flexibility index (Phi) is 4.29. The number of hydrazine groups is 1. The highest BCUT2D eigenvalue weighted by atomic mass is 32.1. The van der Waals surface area contributed by atoms with Crippen molar-refractivity contribution in [3.05, 3.63) is 16.1 Å². The van der Waals surface area contributed by atoms with Gasteiger partial charge in [0.05, 0.1) is 23.4 Å². The molecule has 16 heavy (non-hydrogen) atoms. The summed E-state index contributed by atoms with van der Waals surface area (Å²) in [4.78, 5) is 5.51. The lowest BCUT2D eigenvalue weighted by atomic mass is 10.0. The van der Waals surface area contributed by atoms with Crippen molar-refractivity contribution in [2.24, 2.45) is 5.84 Å². The van der Waals surface area contributed by atoms with Crippen LogP contribution in [0.25, 0.3) is 0 Å². The first-order valence-electron chi connectivity index (χ1n) is 5.79. The molecule has 0 amide bonds. The van der Waals surface area contributed by atoms with Crippen LogP contribution in [0.4, 0.5) is 0 Å². The predicted octanol–water partition coefficient (Wildman–Crippen LogP) is 1.92. The molecule has 3 N–H and O–H groups in total. The summed E-state index contributed by atoms with van der Waals surface area (Å²) in [5.74, 6) is 5.61. The highest BCUT2D eigenvalue weighted by molar-refractivity contribution is 7.09. The fraction of sp³-hybridized carbons (Fsp3) is 0.727. The average molecular weight is 241 g/mol. The number of hydrogen-bond acceptors (Lipinski definition) is 5. The SMILES string of the molecule is Cc1ncsc1C(CCC1CCCO1)NN. The predicted molar refractivity (Wildman–Crippen MR) is 65.1 cm³/mol. The first-order valence-corrected chi connectivity index (χ1v) is 6.67. The van der Waals surface area contributed by atoms with Gasteiger partial charge in [0, 0.05) is 11.5 Å². The zero-order valence-corrected chi connectivity index (χ0v) is 10.4. The van der Waals surface area contributed by atoms with Gasteiger partial charge in [-0.2, -0.15) is 0 Å². The number of hydrogen-bond donors (Lipinski definition) is 2.